The van der Waals surface area contributed by atoms with Gasteiger partial charge < -0.3 is 47.9 Å². The molecule has 0 spiro atoms. The van der Waals surface area contributed by atoms with Gasteiger partial charge >= 0.3 is 79.1 Å². The molecule has 0 fully saturated rings. The van der Waals surface area contributed by atoms with Crippen molar-refractivity contribution < 1.29 is 105 Å². The number of carbonyl (C=O) groups excluding carboxylic acids is 3. The van der Waals surface area contributed by atoms with Crippen LogP contribution in [-0.4, -0.2) is 92.8 Å². The number of phosphoric acid groups is 1. The fourth-order valence-corrected chi connectivity index (χ4v) is 8.31. The van der Waals surface area contributed by atoms with Crippen molar-refractivity contribution in [3.63, 3.8) is 0 Å². The Morgan fingerprint density at radius 2 is 1.61 bits per heavy atom. The normalized spacial score (nSPS) is 14.9. The number of thiazole rings is 1. The van der Waals surface area contributed by atoms with E-state index in [1.165, 1.54) is 4.90 Å². The molecule has 5 N–H and O–H groups in total. The molecule has 1 unspecified atom stereocenters. The molecule has 4 amide bonds. The van der Waals surface area contributed by atoms with Crippen LogP contribution in [0.1, 0.15) is 84.5 Å². The van der Waals surface area contributed by atoms with Gasteiger partial charge in [0.05, 0.1) is 35.3 Å². The number of ether oxygens (including phenoxy) is 2. The van der Waals surface area contributed by atoms with Crippen molar-refractivity contribution in [3.8, 4) is 0 Å². The Kier molecular flexibility index (Phi) is 25.4. The summed E-state index contributed by atoms with van der Waals surface area (Å²) in [5.74, 6) is 0.157. The number of amides is 4. The summed E-state index contributed by atoms with van der Waals surface area (Å²) in [5, 5.41) is 13.8. The third-order valence-electron chi connectivity index (χ3n) is 9.35. The van der Waals surface area contributed by atoms with E-state index in [1.807, 2.05) is 103 Å². The van der Waals surface area contributed by atoms with Crippen molar-refractivity contribution in [1.82, 2.24) is 30.7 Å². The number of hydrogen-bond donors (Lipinski definition) is 5. The van der Waals surface area contributed by atoms with Crippen LogP contribution in [0.2, 0.25) is 0 Å². The minimum atomic E-state index is -5.01. The maximum atomic E-state index is 14.3. The predicted molar refractivity (Wildman–Crippen MR) is 232 cm³/mol. The van der Waals surface area contributed by atoms with Crippen molar-refractivity contribution in [2.24, 2.45) is 5.92 Å². The second-order valence-electron chi connectivity index (χ2n) is 15.1. The monoisotopic (exact) mass is 922 g/mol. The number of benzene rings is 2. The maximum absolute atomic E-state index is 14.3. The van der Waals surface area contributed by atoms with Crippen LogP contribution in [0.3, 0.4) is 0 Å². The summed E-state index contributed by atoms with van der Waals surface area (Å²) in [6.45, 7) is 9.90. The SMILES string of the molecule is CCCC(O[C@@H](C[C@H](Cc1ccccc1)NC(=O)[C@@H](NC(=O)N(C)Cc1csc(C(C)C)n1)C(C)C)[C@H](Cc1ccccc1)NC(=O)OCN1C=CSC1)OP(=O)(O)O.[H-].[H-].[Na+].[Na+]. The predicted octanol–water partition coefficient (Wildman–Crippen LogP) is 1.18. The van der Waals surface area contributed by atoms with Gasteiger partial charge in [0, 0.05) is 30.6 Å². The Balaban J connectivity index is 0.00000961. The molecule has 1 aromatic heterocycles. The first-order chi connectivity index (χ1) is 28.1. The van der Waals surface area contributed by atoms with E-state index in [-0.39, 0.29) is 106 Å². The first-order valence-corrected chi connectivity index (χ1v) is 23.2. The molecule has 0 bridgehead atoms. The van der Waals surface area contributed by atoms with E-state index in [0.717, 1.165) is 21.8 Å². The Bertz CT molecular complexity index is 1860. The zero-order chi connectivity index (χ0) is 43.0. The van der Waals surface area contributed by atoms with Gasteiger partial charge in [-0.1, -0.05) is 102 Å². The molecule has 328 valence electrons. The number of urea groups is 1. The van der Waals surface area contributed by atoms with Crippen molar-refractivity contribution >= 4 is 49.0 Å². The molecular weight excluding hydrogens is 862 g/mol. The molecule has 0 aliphatic carbocycles. The van der Waals surface area contributed by atoms with Gasteiger partial charge in [-0.15, -0.1) is 23.1 Å². The first-order valence-electron chi connectivity index (χ1n) is 19.8. The minimum Gasteiger partial charge on any atom is -1.00 e. The van der Waals surface area contributed by atoms with Crippen molar-refractivity contribution in [1.29, 1.82) is 0 Å². The molecule has 1 aliphatic heterocycles. The number of nitrogens with zero attached hydrogens (tertiary/aromatic N) is 3. The fraction of sp³-hybridized carbons (Fsp3) is 0.512. The average Bonchev–Trinajstić information content (AvgIpc) is 3.89. The molecule has 1 aliphatic rings. The van der Waals surface area contributed by atoms with Gasteiger partial charge in [-0.05, 0) is 48.1 Å². The van der Waals surface area contributed by atoms with Crippen molar-refractivity contribution in [2.75, 3.05) is 19.7 Å². The standard InChI is InChI=1S/C41H59N6O9PS2.2Na.2H/c1-7-14-36(56-57(51,52)53)55-35(34(22-31-17-12-9-13-18-31)44-41(50)54-26-47-19-20-58-27-47)23-32(21-30-15-10-8-11-16-30)42-38(48)37(28(2)3)45-40(49)46(6)24-33-25-59-39(43-33)29(4)5;;;;/h8-13,15-20,25,28-29,32,34-37H,7,14,21-24,26-27H2,1-6H3,(H,42,48)(H,44,50)(H,45,49)(H2,51,52,53);;;;/q;2*+1;2*-1/t32-,34-,35-,36?,37-;;;;/m0..../s1. The molecule has 4 rings (SSSR count). The Labute approximate surface area is 415 Å². The number of phosphoric ester groups is 1. The number of thioether (sulfide) groups is 1. The van der Waals surface area contributed by atoms with Gasteiger partial charge in [0.15, 0.2) is 13.0 Å². The van der Waals surface area contributed by atoms with Gasteiger partial charge in [-0.3, -0.25) is 9.32 Å². The van der Waals surface area contributed by atoms with E-state index < -0.39 is 56.4 Å². The summed E-state index contributed by atoms with van der Waals surface area (Å²) >= 11 is 3.11. The number of nitrogens with one attached hydrogen (secondary N) is 3. The average molecular weight is 923 g/mol. The summed E-state index contributed by atoms with van der Waals surface area (Å²) in [7, 11) is -3.36. The molecule has 5 atom stereocenters. The summed E-state index contributed by atoms with van der Waals surface area (Å²) in [6.07, 6.45) is 0.00740. The van der Waals surface area contributed by atoms with E-state index >= 15 is 0 Å². The fourth-order valence-electron chi connectivity index (χ4n) is 6.33. The second kappa shape index (κ2) is 28.1. The van der Waals surface area contributed by atoms with Crippen LogP contribution in [0.5, 0.6) is 0 Å². The van der Waals surface area contributed by atoms with Crippen LogP contribution in [0.4, 0.5) is 9.59 Å². The molecule has 2 aromatic carbocycles. The van der Waals surface area contributed by atoms with E-state index in [1.54, 1.807) is 30.1 Å². The van der Waals surface area contributed by atoms with Gasteiger partial charge in [-0.25, -0.2) is 19.1 Å². The Hall–Kier alpha value is -1.96. The van der Waals surface area contributed by atoms with E-state index in [0.29, 0.717) is 18.7 Å². The van der Waals surface area contributed by atoms with Crippen molar-refractivity contribution in [2.45, 2.75) is 110 Å². The van der Waals surface area contributed by atoms with E-state index in [4.69, 9.17) is 14.0 Å². The van der Waals surface area contributed by atoms with Gasteiger partial charge in [0.25, 0.3) is 0 Å². The third-order valence-corrected chi connectivity index (χ3v) is 11.9. The molecule has 20 heteroatoms. The molecule has 15 nitrogen and oxygen atoms in total. The molecule has 61 heavy (non-hydrogen) atoms. The summed E-state index contributed by atoms with van der Waals surface area (Å²) in [4.78, 5) is 68.9. The van der Waals surface area contributed by atoms with Crippen LogP contribution in [0, 0.1) is 5.92 Å². The Morgan fingerprint density at radius 1 is 0.967 bits per heavy atom. The minimum absolute atomic E-state index is 0. The number of aromatic nitrogens is 1. The van der Waals surface area contributed by atoms with Crippen LogP contribution in [-0.2, 0) is 42.7 Å². The van der Waals surface area contributed by atoms with Crippen LogP contribution in [0.25, 0.3) is 0 Å². The van der Waals surface area contributed by atoms with Crippen molar-refractivity contribution in [3.05, 3.63) is 99.5 Å². The molecule has 3 aromatic rings. The number of carbonyl (C=O) groups is 3. The molecule has 0 saturated heterocycles. The van der Waals surface area contributed by atoms with Crippen LogP contribution in [0.15, 0.2) is 77.7 Å². The topological polar surface area (TPSA) is 192 Å². The smallest absolute Gasteiger partial charge is 1.00 e. The zero-order valence-electron chi connectivity index (χ0n) is 38.6. The summed E-state index contributed by atoms with van der Waals surface area (Å²) < 4.78 is 29.3. The first kappa shape index (κ1) is 55.2. The van der Waals surface area contributed by atoms with Gasteiger partial charge in [-0.2, -0.15) is 0 Å². The molecule has 2 heterocycles. The molecule has 0 radical (unpaired) electrons. The Morgan fingerprint density at radius 3 is 2.15 bits per heavy atom. The summed E-state index contributed by atoms with van der Waals surface area (Å²) in [6, 6.07) is 16.1. The summed E-state index contributed by atoms with van der Waals surface area (Å²) in [5.41, 5.74) is 2.50. The van der Waals surface area contributed by atoms with E-state index in [9.17, 15) is 28.7 Å². The van der Waals surface area contributed by atoms with Gasteiger partial charge in [0.2, 0.25) is 5.91 Å². The van der Waals surface area contributed by atoms with E-state index in [2.05, 4.69) is 34.8 Å². The largest absolute Gasteiger partial charge is 1.00 e. The second-order valence-corrected chi connectivity index (χ2v) is 18.1. The van der Waals surface area contributed by atoms with Gasteiger partial charge in [0.1, 0.15) is 6.04 Å². The number of alkyl carbamates (subject to hydrolysis) is 1. The molecule has 0 saturated carbocycles. The maximum Gasteiger partial charge on any atom is 1.00 e. The quantitative estimate of drug-likeness (QED) is 0.0520. The third kappa shape index (κ3) is 20.2. The number of hydrogen-bond acceptors (Lipinski definition) is 11. The zero-order valence-corrected chi connectivity index (χ0v) is 43.1. The molecular formula is C41H61N6Na2O9PS2. The van der Waals surface area contributed by atoms with Crippen LogP contribution >= 0.6 is 30.9 Å². The number of rotatable bonds is 23. The van der Waals surface area contributed by atoms with Crippen LogP contribution < -0.4 is 75.1 Å².